The van der Waals surface area contributed by atoms with Crippen molar-refractivity contribution in [3.63, 3.8) is 0 Å². The SMILES string of the molecule is CC1=Cc2ccccc2C1c1ccccc1C(C)(C)NC(C)(C)C. The Balaban J connectivity index is 2.10. The molecule has 126 valence electrons. The molecule has 1 N–H and O–H groups in total. The second-order valence-corrected chi connectivity index (χ2v) is 8.54. The fourth-order valence-corrected chi connectivity index (χ4v) is 4.21. The van der Waals surface area contributed by atoms with Crippen molar-refractivity contribution in [3.05, 3.63) is 76.4 Å². The fourth-order valence-electron chi connectivity index (χ4n) is 4.21. The molecule has 1 aliphatic carbocycles. The first-order valence-electron chi connectivity index (χ1n) is 8.85. The highest BCUT2D eigenvalue weighted by molar-refractivity contribution is 5.69. The number of benzene rings is 2. The van der Waals surface area contributed by atoms with Crippen LogP contribution in [-0.4, -0.2) is 5.54 Å². The molecule has 24 heavy (non-hydrogen) atoms. The van der Waals surface area contributed by atoms with Gasteiger partial charge in [0.1, 0.15) is 0 Å². The van der Waals surface area contributed by atoms with Crippen LogP contribution in [0.5, 0.6) is 0 Å². The van der Waals surface area contributed by atoms with E-state index in [1.54, 1.807) is 0 Å². The van der Waals surface area contributed by atoms with Crippen LogP contribution in [0.1, 0.15) is 69.7 Å². The summed E-state index contributed by atoms with van der Waals surface area (Å²) in [7, 11) is 0. The van der Waals surface area contributed by atoms with Crippen molar-refractivity contribution in [2.45, 2.75) is 58.5 Å². The van der Waals surface area contributed by atoms with Gasteiger partial charge in [0.05, 0.1) is 0 Å². The van der Waals surface area contributed by atoms with E-state index in [1.165, 1.54) is 27.8 Å². The maximum absolute atomic E-state index is 3.79. The zero-order chi connectivity index (χ0) is 17.5. The van der Waals surface area contributed by atoms with E-state index >= 15 is 0 Å². The monoisotopic (exact) mass is 319 g/mol. The van der Waals surface area contributed by atoms with Crippen molar-refractivity contribution in [2.24, 2.45) is 0 Å². The van der Waals surface area contributed by atoms with Crippen LogP contribution < -0.4 is 5.32 Å². The van der Waals surface area contributed by atoms with Crippen molar-refractivity contribution in [3.8, 4) is 0 Å². The molecule has 0 aliphatic heterocycles. The number of allylic oxidation sites excluding steroid dienone is 1. The Morgan fingerprint density at radius 1 is 0.792 bits per heavy atom. The Labute approximate surface area is 146 Å². The zero-order valence-electron chi connectivity index (χ0n) is 15.8. The van der Waals surface area contributed by atoms with Gasteiger partial charge in [0.15, 0.2) is 0 Å². The van der Waals surface area contributed by atoms with Gasteiger partial charge in [0.25, 0.3) is 0 Å². The minimum absolute atomic E-state index is 0.0646. The van der Waals surface area contributed by atoms with Crippen LogP contribution in [0, 0.1) is 0 Å². The minimum atomic E-state index is -0.0906. The lowest BCUT2D eigenvalue weighted by Gasteiger charge is -2.37. The third-order valence-electron chi connectivity index (χ3n) is 4.78. The molecule has 0 heterocycles. The number of nitrogens with one attached hydrogen (secondary N) is 1. The maximum atomic E-state index is 3.79. The van der Waals surface area contributed by atoms with Gasteiger partial charge in [-0.25, -0.2) is 0 Å². The molecular formula is C23H29N. The van der Waals surface area contributed by atoms with E-state index in [2.05, 4.69) is 101 Å². The number of rotatable bonds is 3. The number of hydrogen-bond donors (Lipinski definition) is 1. The van der Waals surface area contributed by atoms with E-state index in [1.807, 2.05) is 0 Å². The summed E-state index contributed by atoms with van der Waals surface area (Å²) in [6, 6.07) is 17.7. The fraction of sp³-hybridized carbons (Fsp3) is 0.391. The second-order valence-electron chi connectivity index (χ2n) is 8.54. The number of hydrogen-bond acceptors (Lipinski definition) is 1. The predicted molar refractivity (Wildman–Crippen MR) is 104 cm³/mol. The molecule has 0 spiro atoms. The van der Waals surface area contributed by atoms with Gasteiger partial charge < -0.3 is 5.32 Å². The van der Waals surface area contributed by atoms with Gasteiger partial charge in [-0.2, -0.15) is 0 Å². The van der Waals surface area contributed by atoms with E-state index in [0.29, 0.717) is 5.92 Å². The van der Waals surface area contributed by atoms with E-state index in [4.69, 9.17) is 0 Å². The molecule has 3 rings (SSSR count). The first-order valence-corrected chi connectivity index (χ1v) is 8.85. The standard InChI is InChI=1S/C23H29N/c1-16-15-17-11-7-8-12-18(17)21(16)19-13-9-10-14-20(19)23(5,6)24-22(2,3)4/h7-15,21,24H,1-6H3. The molecule has 2 aromatic rings. The van der Waals surface area contributed by atoms with Gasteiger partial charge in [0.2, 0.25) is 0 Å². The summed E-state index contributed by atoms with van der Waals surface area (Å²) in [6.45, 7) is 13.5. The minimum Gasteiger partial charge on any atom is -0.303 e. The molecule has 0 saturated heterocycles. The summed E-state index contributed by atoms with van der Waals surface area (Å²) in [5.41, 5.74) is 6.98. The van der Waals surface area contributed by atoms with Gasteiger partial charge in [0, 0.05) is 17.0 Å². The highest BCUT2D eigenvalue weighted by Gasteiger charge is 2.32. The van der Waals surface area contributed by atoms with Crippen LogP contribution in [0.3, 0.4) is 0 Å². The summed E-state index contributed by atoms with van der Waals surface area (Å²) in [5.74, 6) is 0.360. The van der Waals surface area contributed by atoms with Crippen LogP contribution in [0.15, 0.2) is 54.1 Å². The quantitative estimate of drug-likeness (QED) is 0.747. The Hall–Kier alpha value is -1.86. The van der Waals surface area contributed by atoms with E-state index in [-0.39, 0.29) is 11.1 Å². The summed E-state index contributed by atoms with van der Waals surface area (Å²) >= 11 is 0. The Morgan fingerprint density at radius 3 is 2.04 bits per heavy atom. The van der Waals surface area contributed by atoms with E-state index < -0.39 is 0 Å². The molecule has 1 aliphatic rings. The van der Waals surface area contributed by atoms with Crippen LogP contribution in [0.25, 0.3) is 6.08 Å². The van der Waals surface area contributed by atoms with Crippen LogP contribution >= 0.6 is 0 Å². The molecule has 0 fully saturated rings. The smallest absolute Gasteiger partial charge is 0.0384 e. The third kappa shape index (κ3) is 3.18. The molecule has 0 aromatic heterocycles. The first-order chi connectivity index (χ1) is 11.2. The summed E-state index contributed by atoms with van der Waals surface area (Å²) < 4.78 is 0. The Kier molecular flexibility index (Phi) is 4.17. The average Bonchev–Trinajstić information content (AvgIpc) is 2.80. The summed E-state index contributed by atoms with van der Waals surface area (Å²) in [4.78, 5) is 0. The van der Waals surface area contributed by atoms with Gasteiger partial charge in [-0.3, -0.25) is 0 Å². The highest BCUT2D eigenvalue weighted by Crippen LogP contribution is 2.43. The topological polar surface area (TPSA) is 12.0 Å². The Morgan fingerprint density at radius 2 is 1.38 bits per heavy atom. The molecule has 1 unspecified atom stereocenters. The molecular weight excluding hydrogens is 290 g/mol. The predicted octanol–water partition coefficient (Wildman–Crippen LogP) is 5.86. The normalized spacial score (nSPS) is 17.6. The Bertz CT molecular complexity index is 775. The summed E-state index contributed by atoms with van der Waals surface area (Å²) in [6.07, 6.45) is 2.33. The van der Waals surface area contributed by atoms with Crippen LogP contribution in [0.2, 0.25) is 0 Å². The molecule has 0 radical (unpaired) electrons. The molecule has 1 nitrogen and oxygen atoms in total. The van der Waals surface area contributed by atoms with Crippen molar-refractivity contribution in [1.29, 1.82) is 0 Å². The van der Waals surface area contributed by atoms with Crippen molar-refractivity contribution in [2.75, 3.05) is 0 Å². The first kappa shape index (κ1) is 17.0. The third-order valence-corrected chi connectivity index (χ3v) is 4.78. The lowest BCUT2D eigenvalue weighted by Crippen LogP contribution is -2.48. The van der Waals surface area contributed by atoms with Crippen molar-refractivity contribution in [1.82, 2.24) is 5.32 Å². The molecule has 0 amide bonds. The lowest BCUT2D eigenvalue weighted by molar-refractivity contribution is 0.285. The zero-order valence-corrected chi connectivity index (χ0v) is 15.8. The van der Waals surface area contributed by atoms with Gasteiger partial charge in [-0.15, -0.1) is 0 Å². The molecule has 1 atom stereocenters. The lowest BCUT2D eigenvalue weighted by atomic mass is 9.79. The van der Waals surface area contributed by atoms with Gasteiger partial charge >= 0.3 is 0 Å². The largest absolute Gasteiger partial charge is 0.303 e. The molecule has 2 aromatic carbocycles. The molecule has 1 heteroatoms. The molecule has 0 saturated carbocycles. The molecule has 0 bridgehead atoms. The average molecular weight is 319 g/mol. The van der Waals surface area contributed by atoms with Crippen LogP contribution in [-0.2, 0) is 5.54 Å². The van der Waals surface area contributed by atoms with E-state index in [9.17, 15) is 0 Å². The maximum Gasteiger partial charge on any atom is 0.0384 e. The van der Waals surface area contributed by atoms with Crippen molar-refractivity contribution < 1.29 is 0 Å². The van der Waals surface area contributed by atoms with Gasteiger partial charge in [-0.1, -0.05) is 60.2 Å². The number of fused-ring (bicyclic) bond motifs is 1. The van der Waals surface area contributed by atoms with Crippen LogP contribution in [0.4, 0.5) is 0 Å². The van der Waals surface area contributed by atoms with E-state index in [0.717, 1.165) is 0 Å². The highest BCUT2D eigenvalue weighted by atomic mass is 15.0. The summed E-state index contributed by atoms with van der Waals surface area (Å²) in [5, 5.41) is 3.79. The second kappa shape index (κ2) is 5.89. The van der Waals surface area contributed by atoms with Gasteiger partial charge in [-0.05, 0) is 63.8 Å². The van der Waals surface area contributed by atoms with Crippen molar-refractivity contribution >= 4 is 6.08 Å².